The molecule has 0 radical (unpaired) electrons. The standard InChI is InChI=1S/C31H33N3O7.ClH/c35-15-20-4-3-19(11-21(20)16-36)29(39)32-13-25(38)33-22-7-8-31(40)24-12-18-5-6-23(37)27-26(18)30(31,28(22)41-27)9-10-34(24)14-17-1-2-17;/h3-6,11,15-17,22,24,28,37,40H,1-2,7-10,12-14H2,(H,32,39)(H,33,38);1H/t22-,24-,28+,30+,31-;/m1./s1. The van der Waals surface area contributed by atoms with Crippen LogP contribution in [0.4, 0.5) is 0 Å². The largest absolute Gasteiger partial charge is 1.00 e. The zero-order chi connectivity index (χ0) is 28.5. The highest BCUT2D eigenvalue weighted by atomic mass is 35.5. The molecule has 2 saturated carbocycles. The van der Waals surface area contributed by atoms with Gasteiger partial charge in [-0.15, -0.1) is 0 Å². The Bertz CT molecular complexity index is 1480. The van der Waals surface area contributed by atoms with Crippen LogP contribution >= 0.6 is 0 Å². The van der Waals surface area contributed by atoms with Crippen molar-refractivity contribution in [2.24, 2.45) is 5.92 Å². The number of phenolic OH excluding ortho intramolecular Hbond substituents is 1. The quantitative estimate of drug-likeness (QED) is 0.206. The fourth-order valence-corrected chi connectivity index (χ4v) is 8.30. The van der Waals surface area contributed by atoms with E-state index in [0.717, 1.165) is 36.6 Å². The van der Waals surface area contributed by atoms with E-state index < -0.39 is 35.0 Å². The van der Waals surface area contributed by atoms with Gasteiger partial charge >= 0.3 is 0 Å². The number of hydrogen-bond acceptors (Lipinski definition) is 7. The Morgan fingerprint density at radius 1 is 1.07 bits per heavy atom. The lowest BCUT2D eigenvalue weighted by Crippen LogP contribution is -3.21. The summed E-state index contributed by atoms with van der Waals surface area (Å²) >= 11 is 0. The van der Waals surface area contributed by atoms with Crippen LogP contribution in [-0.4, -0.2) is 78.0 Å². The van der Waals surface area contributed by atoms with E-state index in [1.807, 2.05) is 6.07 Å². The molecule has 2 aromatic rings. The molecular formula is C31H34ClN3O7. The molecule has 3 fully saturated rings. The van der Waals surface area contributed by atoms with Gasteiger partial charge in [0.2, 0.25) is 5.91 Å². The maximum Gasteiger partial charge on any atom is 0.251 e. The van der Waals surface area contributed by atoms with E-state index in [2.05, 4.69) is 10.6 Å². The van der Waals surface area contributed by atoms with E-state index in [0.29, 0.717) is 37.6 Å². The molecule has 1 unspecified atom stereocenters. The lowest BCUT2D eigenvalue weighted by Gasteiger charge is -2.62. The normalized spacial score (nSPS) is 31.5. The molecule has 5 N–H and O–H groups in total. The number of aldehydes is 2. The summed E-state index contributed by atoms with van der Waals surface area (Å²) in [5, 5.41) is 28.9. The van der Waals surface area contributed by atoms with Crippen LogP contribution in [0.3, 0.4) is 0 Å². The first-order valence-electron chi connectivity index (χ1n) is 14.5. The Morgan fingerprint density at radius 2 is 1.86 bits per heavy atom. The number of quaternary nitrogens is 1. The first kappa shape index (κ1) is 28.6. The minimum atomic E-state index is -1.01. The first-order valence-corrected chi connectivity index (χ1v) is 14.5. The Kier molecular flexibility index (Phi) is 7.06. The number of aromatic hydroxyl groups is 1. The molecular weight excluding hydrogens is 562 g/mol. The van der Waals surface area contributed by atoms with Crippen LogP contribution in [0.15, 0.2) is 30.3 Å². The molecule has 42 heavy (non-hydrogen) atoms. The third kappa shape index (κ3) is 4.14. The molecule has 2 amide bonds. The average Bonchev–Trinajstić information content (AvgIpc) is 3.72. The van der Waals surface area contributed by atoms with Gasteiger partial charge < -0.3 is 42.9 Å². The molecule has 0 aromatic heterocycles. The summed E-state index contributed by atoms with van der Waals surface area (Å²) in [6.45, 7) is 1.68. The van der Waals surface area contributed by atoms with Crippen LogP contribution in [0.5, 0.6) is 11.5 Å². The lowest BCUT2D eigenvalue weighted by atomic mass is 9.48. The van der Waals surface area contributed by atoms with Gasteiger partial charge in [0.15, 0.2) is 24.1 Å². The smallest absolute Gasteiger partial charge is 0.251 e. The van der Waals surface area contributed by atoms with Crippen molar-refractivity contribution in [3.8, 4) is 11.5 Å². The molecule has 5 aliphatic rings. The van der Waals surface area contributed by atoms with E-state index in [1.165, 1.54) is 35.9 Å². The maximum absolute atomic E-state index is 13.1. The summed E-state index contributed by atoms with van der Waals surface area (Å²) in [5.41, 5.74) is 0.729. The Labute approximate surface area is 249 Å². The highest BCUT2D eigenvalue weighted by molar-refractivity contribution is 6.00. The van der Waals surface area contributed by atoms with Crippen LogP contribution in [0.25, 0.3) is 0 Å². The van der Waals surface area contributed by atoms with Gasteiger partial charge in [-0.25, -0.2) is 0 Å². The number of rotatable bonds is 8. The minimum absolute atomic E-state index is 0. The number of amides is 2. The van der Waals surface area contributed by atoms with Gasteiger partial charge in [-0.05, 0) is 49.4 Å². The van der Waals surface area contributed by atoms with Crippen LogP contribution in [0, 0.1) is 5.92 Å². The molecule has 1 saturated heterocycles. The van der Waals surface area contributed by atoms with Crippen molar-refractivity contribution in [3.63, 3.8) is 0 Å². The van der Waals surface area contributed by atoms with E-state index in [1.54, 1.807) is 6.07 Å². The Balaban J connectivity index is 0.00000316. The van der Waals surface area contributed by atoms with Crippen LogP contribution < -0.4 is 32.7 Å². The zero-order valence-corrected chi connectivity index (χ0v) is 23.8. The molecule has 2 aromatic carbocycles. The molecule has 1 spiro atoms. The lowest BCUT2D eigenvalue weighted by molar-refractivity contribution is -0.944. The Hall–Kier alpha value is -3.47. The van der Waals surface area contributed by atoms with Crippen molar-refractivity contribution in [2.75, 3.05) is 19.6 Å². The molecule has 11 heteroatoms. The summed E-state index contributed by atoms with van der Waals surface area (Å²) in [4.78, 5) is 49.6. The number of aliphatic hydroxyl groups is 1. The van der Waals surface area contributed by atoms with Crippen LogP contribution in [0.1, 0.15) is 74.3 Å². The molecule has 7 rings (SSSR count). The SMILES string of the molecule is O=Cc1ccc(C(=O)NCC(=O)N[C@@H]2CC[C@@]3(O)[C@H]4Cc5ccc(O)c6c5[C@@]3(CC[NH+]4CC3CC3)[C@H]2O6)cc1C=O.[Cl-]. The predicted molar refractivity (Wildman–Crippen MR) is 145 cm³/mol. The molecule has 6 atom stereocenters. The van der Waals surface area contributed by atoms with Crippen molar-refractivity contribution < 1.29 is 51.4 Å². The summed E-state index contributed by atoms with van der Waals surface area (Å²) in [6.07, 6.45) is 5.48. The third-order valence-electron chi connectivity index (χ3n) is 10.3. The van der Waals surface area contributed by atoms with Gasteiger partial charge in [0, 0.05) is 41.0 Å². The second-order valence-electron chi connectivity index (χ2n) is 12.4. The summed E-state index contributed by atoms with van der Waals surface area (Å²) in [7, 11) is 0. The van der Waals surface area contributed by atoms with Crippen molar-refractivity contribution in [2.45, 2.75) is 67.7 Å². The van der Waals surface area contributed by atoms with Gasteiger partial charge in [0.05, 0.1) is 31.1 Å². The topological polar surface area (TPSA) is 146 Å². The van der Waals surface area contributed by atoms with Gasteiger partial charge in [-0.2, -0.15) is 0 Å². The predicted octanol–water partition coefficient (Wildman–Crippen LogP) is -2.92. The molecule has 222 valence electrons. The van der Waals surface area contributed by atoms with E-state index in [4.69, 9.17) is 4.74 Å². The Morgan fingerprint density at radius 3 is 2.60 bits per heavy atom. The second-order valence-corrected chi connectivity index (χ2v) is 12.4. The molecule has 2 aliphatic heterocycles. The van der Waals surface area contributed by atoms with E-state index >= 15 is 0 Å². The van der Waals surface area contributed by atoms with Crippen molar-refractivity contribution >= 4 is 24.4 Å². The van der Waals surface area contributed by atoms with E-state index in [-0.39, 0.29) is 47.4 Å². The zero-order valence-electron chi connectivity index (χ0n) is 23.0. The average molecular weight is 596 g/mol. The number of halogens is 1. The van der Waals surface area contributed by atoms with Crippen molar-refractivity contribution in [1.82, 2.24) is 10.6 Å². The van der Waals surface area contributed by atoms with Crippen molar-refractivity contribution in [3.05, 3.63) is 58.1 Å². The fraction of sp³-hybridized carbons (Fsp3) is 0.484. The summed E-state index contributed by atoms with van der Waals surface area (Å²) in [6, 6.07) is 7.38. The summed E-state index contributed by atoms with van der Waals surface area (Å²) < 4.78 is 6.48. The highest BCUT2D eigenvalue weighted by Crippen LogP contribution is 2.63. The summed E-state index contributed by atoms with van der Waals surface area (Å²) in [5.74, 6) is 0.257. The van der Waals surface area contributed by atoms with Gasteiger partial charge in [0.1, 0.15) is 17.7 Å². The number of nitrogens with one attached hydrogen (secondary N) is 3. The highest BCUT2D eigenvalue weighted by Gasteiger charge is 2.75. The van der Waals surface area contributed by atoms with Gasteiger partial charge in [-0.3, -0.25) is 19.2 Å². The van der Waals surface area contributed by atoms with E-state index in [9.17, 15) is 29.4 Å². The number of piperidine rings is 1. The number of ether oxygens (including phenoxy) is 1. The van der Waals surface area contributed by atoms with Gasteiger partial charge in [0.25, 0.3) is 5.91 Å². The van der Waals surface area contributed by atoms with Crippen molar-refractivity contribution in [1.29, 1.82) is 0 Å². The first-order chi connectivity index (χ1) is 19.8. The molecule has 2 heterocycles. The molecule has 10 nitrogen and oxygen atoms in total. The molecule has 2 bridgehead atoms. The maximum atomic E-state index is 13.1. The number of carbonyl (C=O) groups is 4. The minimum Gasteiger partial charge on any atom is -1.00 e. The number of phenols is 1. The number of hydrogen-bond donors (Lipinski definition) is 5. The van der Waals surface area contributed by atoms with Gasteiger partial charge in [-0.1, -0.05) is 12.1 Å². The number of carbonyl (C=O) groups excluding carboxylic acids is 4. The van der Waals surface area contributed by atoms with Crippen LogP contribution in [-0.2, 0) is 16.6 Å². The number of benzene rings is 2. The molecule has 3 aliphatic carbocycles. The fourth-order valence-electron chi connectivity index (χ4n) is 8.30. The second kappa shape index (κ2) is 10.4. The van der Waals surface area contributed by atoms with Crippen LogP contribution in [0.2, 0.25) is 0 Å². The monoisotopic (exact) mass is 595 g/mol. The number of likely N-dealkylation sites (tertiary alicyclic amines) is 1. The third-order valence-corrected chi connectivity index (χ3v) is 10.3.